The van der Waals surface area contributed by atoms with Gasteiger partial charge in [-0.2, -0.15) is 4.39 Å². The summed E-state index contributed by atoms with van der Waals surface area (Å²) in [4.78, 5) is 0. The second kappa shape index (κ2) is 3.05. The van der Waals surface area contributed by atoms with Gasteiger partial charge in [0, 0.05) is 0 Å². The lowest BCUT2D eigenvalue weighted by Crippen LogP contribution is -1.91. The lowest BCUT2D eigenvalue weighted by molar-refractivity contribution is 0.407. The molecule has 2 nitrogen and oxygen atoms in total. The zero-order chi connectivity index (χ0) is 11.2. The first-order chi connectivity index (χ1) is 7.02. The molecule has 0 radical (unpaired) electrons. The normalized spacial score (nSPS) is 10.9. The van der Waals surface area contributed by atoms with Crippen LogP contribution < -0.4 is 0 Å². The summed E-state index contributed by atoms with van der Waals surface area (Å²) >= 11 is 0. The molecule has 15 heavy (non-hydrogen) atoms. The molecule has 78 valence electrons. The second-order valence-corrected chi connectivity index (χ2v) is 3.02. The Balaban J connectivity index is 3.00. The summed E-state index contributed by atoms with van der Waals surface area (Å²) < 4.78 is 39.3. The van der Waals surface area contributed by atoms with E-state index in [9.17, 15) is 13.2 Å². The second-order valence-electron chi connectivity index (χ2n) is 3.02. The first-order valence-corrected chi connectivity index (χ1v) is 4.00. The van der Waals surface area contributed by atoms with Crippen molar-refractivity contribution in [2.24, 2.45) is 0 Å². The van der Waals surface area contributed by atoms with E-state index in [1.807, 2.05) is 0 Å². The van der Waals surface area contributed by atoms with Crippen LogP contribution in [0.2, 0.25) is 0 Å². The summed E-state index contributed by atoms with van der Waals surface area (Å²) in [5.41, 5.74) is 0. The average Bonchev–Trinajstić information content (AvgIpc) is 2.20. The van der Waals surface area contributed by atoms with E-state index in [0.717, 1.165) is 12.1 Å². The molecule has 0 amide bonds. The highest BCUT2D eigenvalue weighted by atomic mass is 19.2. The quantitative estimate of drug-likeness (QED) is 0.707. The zero-order valence-electron chi connectivity index (χ0n) is 7.26. The highest BCUT2D eigenvalue weighted by Crippen LogP contribution is 2.32. The van der Waals surface area contributed by atoms with E-state index < -0.39 is 34.3 Å². The van der Waals surface area contributed by atoms with Crippen molar-refractivity contribution in [1.82, 2.24) is 0 Å². The highest BCUT2D eigenvalue weighted by Gasteiger charge is 2.17. The van der Waals surface area contributed by atoms with Crippen LogP contribution in [0.25, 0.3) is 10.8 Å². The van der Waals surface area contributed by atoms with Gasteiger partial charge < -0.3 is 10.2 Å². The Hall–Kier alpha value is -1.91. The van der Waals surface area contributed by atoms with Crippen LogP contribution >= 0.6 is 0 Å². The van der Waals surface area contributed by atoms with Gasteiger partial charge in [0.2, 0.25) is 5.82 Å². The summed E-state index contributed by atoms with van der Waals surface area (Å²) in [6, 6.07) is 3.06. The first kappa shape index (κ1) is 9.64. The third kappa shape index (κ3) is 1.27. The molecular weight excluding hydrogens is 209 g/mol. The zero-order valence-corrected chi connectivity index (χ0v) is 7.26. The van der Waals surface area contributed by atoms with Crippen molar-refractivity contribution >= 4 is 10.8 Å². The van der Waals surface area contributed by atoms with Crippen LogP contribution in [-0.4, -0.2) is 10.2 Å². The minimum absolute atomic E-state index is 0.0262. The number of phenols is 2. The topological polar surface area (TPSA) is 40.5 Å². The molecule has 0 saturated heterocycles. The molecule has 0 aromatic heterocycles. The Labute approximate surface area is 82.2 Å². The van der Waals surface area contributed by atoms with Gasteiger partial charge in [0.1, 0.15) is 0 Å². The predicted octanol–water partition coefficient (Wildman–Crippen LogP) is 2.67. The maximum atomic E-state index is 13.2. The minimum Gasteiger partial charge on any atom is -0.505 e. The number of phenolic OH excluding ortho intramolecular Hbond substituents is 2. The van der Waals surface area contributed by atoms with Crippen LogP contribution in [-0.2, 0) is 0 Å². The van der Waals surface area contributed by atoms with Crippen LogP contribution in [0, 0.1) is 17.5 Å². The monoisotopic (exact) mass is 214 g/mol. The average molecular weight is 214 g/mol. The molecule has 0 bridgehead atoms. The summed E-state index contributed by atoms with van der Waals surface area (Å²) in [6.45, 7) is 0. The van der Waals surface area contributed by atoms with Gasteiger partial charge in [0.15, 0.2) is 23.1 Å². The van der Waals surface area contributed by atoms with E-state index in [2.05, 4.69) is 0 Å². The third-order valence-corrected chi connectivity index (χ3v) is 2.08. The van der Waals surface area contributed by atoms with Gasteiger partial charge in [-0.05, 0) is 17.5 Å². The fourth-order valence-corrected chi connectivity index (χ4v) is 1.36. The van der Waals surface area contributed by atoms with Gasteiger partial charge in [-0.1, -0.05) is 6.07 Å². The van der Waals surface area contributed by atoms with Crippen molar-refractivity contribution in [3.8, 4) is 11.5 Å². The number of hydrogen-bond acceptors (Lipinski definition) is 2. The van der Waals surface area contributed by atoms with Crippen molar-refractivity contribution in [3.05, 3.63) is 35.7 Å². The van der Waals surface area contributed by atoms with Crippen molar-refractivity contribution in [2.75, 3.05) is 0 Å². The van der Waals surface area contributed by atoms with Crippen molar-refractivity contribution < 1.29 is 23.4 Å². The lowest BCUT2D eigenvalue weighted by atomic mass is 10.1. The smallest absolute Gasteiger partial charge is 0.201 e. The van der Waals surface area contributed by atoms with Crippen molar-refractivity contribution in [3.63, 3.8) is 0 Å². The Morgan fingerprint density at radius 3 is 2.13 bits per heavy atom. The molecule has 0 fully saturated rings. The van der Waals surface area contributed by atoms with Gasteiger partial charge in [-0.15, -0.1) is 0 Å². The molecule has 0 aliphatic carbocycles. The fraction of sp³-hybridized carbons (Fsp3) is 0. The summed E-state index contributed by atoms with van der Waals surface area (Å²) in [6.07, 6.45) is 0. The molecular formula is C10H5F3O2. The van der Waals surface area contributed by atoms with E-state index in [0.29, 0.717) is 0 Å². The van der Waals surface area contributed by atoms with Crippen LogP contribution in [0.3, 0.4) is 0 Å². The van der Waals surface area contributed by atoms with E-state index in [-0.39, 0.29) is 5.39 Å². The molecule has 0 heterocycles. The summed E-state index contributed by atoms with van der Waals surface area (Å²) in [7, 11) is 0. The molecule has 2 N–H and O–H groups in total. The van der Waals surface area contributed by atoms with E-state index in [1.165, 1.54) is 6.07 Å². The van der Waals surface area contributed by atoms with Gasteiger partial charge >= 0.3 is 0 Å². The summed E-state index contributed by atoms with van der Waals surface area (Å²) in [5, 5.41) is 17.2. The molecule has 0 unspecified atom stereocenters. The number of fused-ring (bicyclic) bond motifs is 1. The number of rotatable bonds is 0. The van der Waals surface area contributed by atoms with Crippen molar-refractivity contribution in [2.45, 2.75) is 0 Å². The number of hydrogen-bond donors (Lipinski definition) is 2. The minimum atomic E-state index is -1.54. The highest BCUT2D eigenvalue weighted by molar-refractivity contribution is 5.86. The third-order valence-electron chi connectivity index (χ3n) is 2.08. The molecule has 2 aromatic rings. The Morgan fingerprint density at radius 1 is 0.800 bits per heavy atom. The van der Waals surface area contributed by atoms with Crippen molar-refractivity contribution in [1.29, 1.82) is 0 Å². The van der Waals surface area contributed by atoms with E-state index >= 15 is 0 Å². The largest absolute Gasteiger partial charge is 0.505 e. The van der Waals surface area contributed by atoms with Gasteiger partial charge in [0.25, 0.3) is 0 Å². The Morgan fingerprint density at radius 2 is 1.47 bits per heavy atom. The maximum Gasteiger partial charge on any atom is 0.201 e. The number of aromatic hydroxyl groups is 2. The standard InChI is InChI=1S/C10H5F3O2/c11-8-5(14)2-1-4-3-6(15)9(12)10(13)7(4)8/h1-3,14-15H. The fourth-order valence-electron chi connectivity index (χ4n) is 1.36. The molecule has 0 atom stereocenters. The molecule has 0 spiro atoms. The van der Waals surface area contributed by atoms with Crippen LogP contribution in [0.1, 0.15) is 0 Å². The number of halogens is 3. The molecule has 0 aliphatic rings. The first-order valence-electron chi connectivity index (χ1n) is 4.00. The van der Waals surface area contributed by atoms with Crippen LogP contribution in [0.15, 0.2) is 18.2 Å². The predicted molar refractivity (Wildman–Crippen MR) is 47.2 cm³/mol. The SMILES string of the molecule is Oc1cc2ccc(O)c(F)c2c(F)c1F. The van der Waals surface area contributed by atoms with E-state index in [1.54, 1.807) is 0 Å². The molecule has 2 aromatic carbocycles. The van der Waals surface area contributed by atoms with Crippen LogP contribution in [0.4, 0.5) is 13.2 Å². The van der Waals surface area contributed by atoms with E-state index in [4.69, 9.17) is 10.2 Å². The van der Waals surface area contributed by atoms with Crippen LogP contribution in [0.5, 0.6) is 11.5 Å². The molecule has 2 rings (SSSR count). The Kier molecular flexibility index (Phi) is 1.96. The molecule has 0 aliphatic heterocycles. The maximum absolute atomic E-state index is 13.2. The Bertz CT molecular complexity index is 552. The molecule has 0 saturated carbocycles. The summed E-state index contributed by atoms with van der Waals surface area (Å²) in [5.74, 6) is -5.97. The molecule has 5 heteroatoms. The van der Waals surface area contributed by atoms with Gasteiger partial charge in [-0.3, -0.25) is 0 Å². The van der Waals surface area contributed by atoms with Gasteiger partial charge in [-0.25, -0.2) is 8.78 Å². The lowest BCUT2D eigenvalue weighted by Gasteiger charge is -2.05. The van der Waals surface area contributed by atoms with Gasteiger partial charge in [0.05, 0.1) is 5.39 Å². The number of benzene rings is 2.